The Balaban J connectivity index is 1.29. The summed E-state index contributed by atoms with van der Waals surface area (Å²) in [7, 11) is 0. The summed E-state index contributed by atoms with van der Waals surface area (Å²) in [6, 6.07) is 29.1. The van der Waals surface area contributed by atoms with Crippen molar-refractivity contribution in [1.29, 1.82) is 0 Å². The fourth-order valence-corrected chi connectivity index (χ4v) is 3.67. The van der Waals surface area contributed by atoms with Gasteiger partial charge in [0.2, 0.25) is 0 Å². The van der Waals surface area contributed by atoms with Gasteiger partial charge >= 0.3 is 0 Å². The summed E-state index contributed by atoms with van der Waals surface area (Å²) in [5, 5.41) is 7.21. The lowest BCUT2D eigenvalue weighted by molar-refractivity contribution is 0.107. The Bertz CT molecular complexity index is 855. The minimum atomic E-state index is 0.613. The molecular weight excluding hydrogens is 396 g/mol. The van der Waals surface area contributed by atoms with E-state index in [9.17, 15) is 0 Å². The molecule has 29 heavy (non-hydrogen) atoms. The molecule has 0 atom stereocenters. The zero-order valence-corrected chi connectivity index (χ0v) is 18.0. The molecule has 3 nitrogen and oxygen atoms in total. The molecule has 3 rings (SSSR count). The van der Waals surface area contributed by atoms with Gasteiger partial charge in [-0.25, -0.2) is 0 Å². The third kappa shape index (κ3) is 8.28. The molecule has 3 aromatic carbocycles. The fourth-order valence-electron chi connectivity index (χ4n) is 2.71. The fraction of sp³-hybridized carbons (Fsp3) is 0.208. The van der Waals surface area contributed by atoms with Crippen molar-refractivity contribution in [3.63, 3.8) is 0 Å². The van der Waals surface area contributed by atoms with Gasteiger partial charge in [0.15, 0.2) is 5.11 Å². The predicted molar refractivity (Wildman–Crippen MR) is 126 cm³/mol. The largest absolute Gasteiger partial charge is 0.372 e. The van der Waals surface area contributed by atoms with E-state index >= 15 is 0 Å². The number of hydrogen-bond donors (Lipinski definition) is 2. The quantitative estimate of drug-likeness (QED) is 0.268. The first-order chi connectivity index (χ1) is 14.3. The number of thiocarbonyl (C=S) groups is 1. The number of rotatable bonds is 10. The Hall–Kier alpha value is -2.34. The van der Waals surface area contributed by atoms with Crippen LogP contribution in [-0.2, 0) is 24.5 Å². The molecule has 0 saturated heterocycles. The van der Waals surface area contributed by atoms with Crippen LogP contribution in [0.15, 0.2) is 89.8 Å². The van der Waals surface area contributed by atoms with Crippen LogP contribution in [0.3, 0.4) is 0 Å². The second-order valence-corrected chi connectivity index (χ2v) is 8.14. The molecule has 0 heterocycles. The van der Waals surface area contributed by atoms with Gasteiger partial charge < -0.3 is 15.4 Å². The van der Waals surface area contributed by atoms with Gasteiger partial charge in [-0.15, -0.1) is 11.8 Å². The molecule has 0 aromatic heterocycles. The summed E-state index contributed by atoms with van der Waals surface area (Å²) < 4.78 is 5.78. The second-order valence-electron chi connectivity index (χ2n) is 6.57. The maximum Gasteiger partial charge on any atom is 0.166 e. The lowest BCUT2D eigenvalue weighted by atomic mass is 10.1. The molecule has 2 N–H and O–H groups in total. The van der Waals surface area contributed by atoms with Gasteiger partial charge in [0.05, 0.1) is 13.2 Å². The highest BCUT2D eigenvalue weighted by Crippen LogP contribution is 2.15. The van der Waals surface area contributed by atoms with Crippen LogP contribution in [0.1, 0.15) is 16.7 Å². The molecular formula is C24H26N2OS2. The molecule has 0 aliphatic carbocycles. The van der Waals surface area contributed by atoms with Crippen molar-refractivity contribution in [2.24, 2.45) is 0 Å². The molecule has 0 saturated carbocycles. The highest BCUT2D eigenvalue weighted by Gasteiger charge is 1.99. The van der Waals surface area contributed by atoms with Gasteiger partial charge in [0.1, 0.15) is 0 Å². The van der Waals surface area contributed by atoms with Crippen LogP contribution in [-0.4, -0.2) is 17.4 Å². The van der Waals surface area contributed by atoms with E-state index in [0.717, 1.165) is 12.3 Å². The van der Waals surface area contributed by atoms with Gasteiger partial charge in [-0.3, -0.25) is 0 Å². The monoisotopic (exact) mass is 422 g/mol. The smallest absolute Gasteiger partial charge is 0.166 e. The summed E-state index contributed by atoms with van der Waals surface area (Å²) in [4.78, 5) is 1.28. The molecule has 0 bridgehead atoms. The van der Waals surface area contributed by atoms with E-state index in [1.807, 2.05) is 36.0 Å². The first kappa shape index (κ1) is 21.4. The Labute approximate surface area is 182 Å². The van der Waals surface area contributed by atoms with Gasteiger partial charge in [0, 0.05) is 23.7 Å². The Kier molecular flexibility index (Phi) is 9.04. The number of hydrogen-bond acceptors (Lipinski definition) is 3. The molecule has 150 valence electrons. The van der Waals surface area contributed by atoms with E-state index < -0.39 is 0 Å². The molecule has 0 aliphatic heterocycles. The standard InChI is InChI=1S/C24H26N2OS2/c28-24(25-15-16-29-23-9-5-2-6-10-23)26-17-20-11-13-22(14-12-20)19-27-18-21-7-3-1-4-8-21/h1-14H,15-19H2,(H2,25,26,28). The third-order valence-corrected chi connectivity index (χ3v) is 5.56. The zero-order valence-electron chi connectivity index (χ0n) is 16.3. The van der Waals surface area contributed by atoms with Crippen LogP contribution in [0.4, 0.5) is 0 Å². The Morgan fingerprint density at radius 3 is 2.00 bits per heavy atom. The van der Waals surface area contributed by atoms with Gasteiger partial charge in [0.25, 0.3) is 0 Å². The summed E-state index contributed by atoms with van der Waals surface area (Å²) in [6.45, 7) is 2.79. The van der Waals surface area contributed by atoms with Crippen LogP contribution < -0.4 is 10.6 Å². The van der Waals surface area contributed by atoms with Crippen LogP contribution in [0.5, 0.6) is 0 Å². The van der Waals surface area contributed by atoms with Crippen LogP contribution in [0.2, 0.25) is 0 Å². The Morgan fingerprint density at radius 1 is 0.724 bits per heavy atom. The first-order valence-corrected chi connectivity index (χ1v) is 11.1. The van der Waals surface area contributed by atoms with E-state index in [-0.39, 0.29) is 0 Å². The van der Waals surface area contributed by atoms with Crippen molar-refractivity contribution >= 4 is 29.1 Å². The van der Waals surface area contributed by atoms with E-state index in [1.165, 1.54) is 21.6 Å². The van der Waals surface area contributed by atoms with E-state index in [4.69, 9.17) is 17.0 Å². The maximum atomic E-state index is 5.78. The molecule has 3 aromatic rings. The SMILES string of the molecule is S=C(NCCSc1ccccc1)NCc1ccc(COCc2ccccc2)cc1. The van der Waals surface area contributed by atoms with Crippen LogP contribution >= 0.6 is 24.0 Å². The molecule has 0 radical (unpaired) electrons. The summed E-state index contributed by atoms with van der Waals surface area (Å²) in [6.07, 6.45) is 0. The van der Waals surface area contributed by atoms with Crippen molar-refractivity contribution in [3.8, 4) is 0 Å². The number of thioether (sulfide) groups is 1. The summed E-state index contributed by atoms with van der Waals surface area (Å²) in [5.74, 6) is 0.976. The molecule has 0 fully saturated rings. The van der Waals surface area contributed by atoms with Crippen molar-refractivity contribution in [3.05, 3.63) is 102 Å². The van der Waals surface area contributed by atoms with Crippen molar-refractivity contribution in [2.45, 2.75) is 24.7 Å². The average molecular weight is 423 g/mol. The number of benzene rings is 3. The van der Waals surface area contributed by atoms with E-state index in [2.05, 4.69) is 71.3 Å². The van der Waals surface area contributed by atoms with Crippen LogP contribution in [0.25, 0.3) is 0 Å². The Morgan fingerprint density at radius 2 is 1.31 bits per heavy atom. The highest BCUT2D eigenvalue weighted by molar-refractivity contribution is 7.99. The zero-order chi connectivity index (χ0) is 20.2. The maximum absolute atomic E-state index is 5.78. The molecule has 5 heteroatoms. The van der Waals surface area contributed by atoms with Crippen molar-refractivity contribution < 1.29 is 4.74 Å². The third-order valence-electron chi connectivity index (χ3n) is 4.26. The van der Waals surface area contributed by atoms with Crippen LogP contribution in [0, 0.1) is 0 Å². The normalized spacial score (nSPS) is 10.5. The summed E-state index contributed by atoms with van der Waals surface area (Å²) in [5.41, 5.74) is 3.56. The summed E-state index contributed by atoms with van der Waals surface area (Å²) >= 11 is 7.18. The number of ether oxygens (including phenoxy) is 1. The van der Waals surface area contributed by atoms with E-state index in [0.29, 0.717) is 24.9 Å². The predicted octanol–water partition coefficient (Wildman–Crippen LogP) is 5.16. The molecule has 0 unspecified atom stereocenters. The van der Waals surface area contributed by atoms with Gasteiger partial charge in [-0.05, 0) is 41.0 Å². The highest BCUT2D eigenvalue weighted by atomic mass is 32.2. The molecule has 0 aliphatic rings. The number of nitrogens with one attached hydrogen (secondary N) is 2. The topological polar surface area (TPSA) is 33.3 Å². The second kappa shape index (κ2) is 12.3. The van der Waals surface area contributed by atoms with Crippen molar-refractivity contribution in [2.75, 3.05) is 12.3 Å². The minimum absolute atomic E-state index is 0.613. The lowest BCUT2D eigenvalue weighted by Gasteiger charge is -2.11. The van der Waals surface area contributed by atoms with Gasteiger partial charge in [-0.1, -0.05) is 72.8 Å². The first-order valence-electron chi connectivity index (χ1n) is 9.68. The lowest BCUT2D eigenvalue weighted by Crippen LogP contribution is -2.35. The van der Waals surface area contributed by atoms with Gasteiger partial charge in [-0.2, -0.15) is 0 Å². The van der Waals surface area contributed by atoms with E-state index in [1.54, 1.807) is 0 Å². The average Bonchev–Trinajstić information content (AvgIpc) is 2.78. The molecule has 0 amide bonds. The van der Waals surface area contributed by atoms with Crippen molar-refractivity contribution in [1.82, 2.24) is 10.6 Å². The minimum Gasteiger partial charge on any atom is -0.372 e. The molecule has 0 spiro atoms.